The summed E-state index contributed by atoms with van der Waals surface area (Å²) in [5.41, 5.74) is 2.90. The highest BCUT2D eigenvalue weighted by molar-refractivity contribution is 5.91. The van der Waals surface area contributed by atoms with E-state index in [0.717, 1.165) is 22.5 Å². The molecule has 28 heavy (non-hydrogen) atoms. The van der Waals surface area contributed by atoms with Crippen molar-refractivity contribution in [3.63, 3.8) is 0 Å². The van der Waals surface area contributed by atoms with E-state index in [4.69, 9.17) is 4.74 Å². The summed E-state index contributed by atoms with van der Waals surface area (Å²) < 4.78 is 6.82. The molecule has 0 amide bonds. The van der Waals surface area contributed by atoms with Gasteiger partial charge in [0, 0.05) is 17.8 Å². The molecule has 0 aliphatic carbocycles. The van der Waals surface area contributed by atoms with Crippen molar-refractivity contribution < 1.29 is 9.66 Å². The van der Waals surface area contributed by atoms with Crippen molar-refractivity contribution in [2.24, 2.45) is 0 Å². The number of hydrogen-bond donors (Lipinski definition) is 1. The summed E-state index contributed by atoms with van der Waals surface area (Å²) in [6.07, 6.45) is 1.46. The predicted molar refractivity (Wildman–Crippen MR) is 104 cm³/mol. The van der Waals surface area contributed by atoms with Crippen LogP contribution in [0.25, 0.3) is 16.7 Å². The maximum atomic E-state index is 10.9. The minimum atomic E-state index is -0.435. The zero-order chi connectivity index (χ0) is 19.7. The summed E-state index contributed by atoms with van der Waals surface area (Å²) in [5.74, 6) is 1.39. The number of aromatic nitrogens is 4. The lowest BCUT2D eigenvalue weighted by molar-refractivity contribution is -0.384. The molecule has 4 rings (SSSR count). The fourth-order valence-electron chi connectivity index (χ4n) is 2.92. The Labute approximate surface area is 159 Å². The Balaban J connectivity index is 1.75. The van der Waals surface area contributed by atoms with Crippen LogP contribution in [0.5, 0.6) is 5.75 Å². The molecular formula is C19H16N6O3. The van der Waals surface area contributed by atoms with Gasteiger partial charge in [-0.25, -0.2) is 14.6 Å². The molecule has 0 fully saturated rings. The molecule has 2 heterocycles. The average Bonchev–Trinajstić information content (AvgIpc) is 3.06. The van der Waals surface area contributed by atoms with Crippen LogP contribution in [0, 0.1) is 17.0 Å². The second-order valence-corrected chi connectivity index (χ2v) is 6.05. The molecule has 2 aromatic heterocycles. The molecule has 0 aliphatic heterocycles. The number of aryl methyl sites for hydroxylation is 1. The first kappa shape index (κ1) is 17.4. The molecule has 0 saturated heterocycles. The highest BCUT2D eigenvalue weighted by atomic mass is 16.6. The third-order valence-corrected chi connectivity index (χ3v) is 4.30. The Hall–Kier alpha value is -4.01. The van der Waals surface area contributed by atoms with Gasteiger partial charge in [0.05, 0.1) is 28.8 Å². The molecule has 0 spiro atoms. The van der Waals surface area contributed by atoms with E-state index in [1.807, 2.05) is 31.2 Å². The standard InChI is InChI=1S/C19H16N6O3/c1-12-17-18(22-13-3-9-16(28-2)10-4-13)20-11-21-19(17)24(23-12)14-5-7-15(8-6-14)25(26)27/h3-11H,1-2H3,(H,20,21,22). The number of nitrogens with zero attached hydrogens (tertiary/aromatic N) is 5. The number of nitro groups is 1. The summed E-state index contributed by atoms with van der Waals surface area (Å²) >= 11 is 0. The molecule has 0 bridgehead atoms. The van der Waals surface area contributed by atoms with Crippen LogP contribution in [0.15, 0.2) is 54.9 Å². The summed E-state index contributed by atoms with van der Waals surface area (Å²) in [5, 5.41) is 19.5. The molecule has 0 atom stereocenters. The Morgan fingerprint density at radius 2 is 1.79 bits per heavy atom. The second-order valence-electron chi connectivity index (χ2n) is 6.05. The van der Waals surface area contributed by atoms with Crippen molar-refractivity contribution in [2.75, 3.05) is 12.4 Å². The van der Waals surface area contributed by atoms with Gasteiger partial charge in [-0.3, -0.25) is 10.1 Å². The molecule has 0 aliphatic rings. The third kappa shape index (κ3) is 3.09. The van der Waals surface area contributed by atoms with Crippen molar-refractivity contribution in [1.82, 2.24) is 19.7 Å². The van der Waals surface area contributed by atoms with Gasteiger partial charge >= 0.3 is 0 Å². The maximum Gasteiger partial charge on any atom is 0.269 e. The first-order chi connectivity index (χ1) is 13.6. The van der Waals surface area contributed by atoms with Gasteiger partial charge in [-0.2, -0.15) is 5.10 Å². The third-order valence-electron chi connectivity index (χ3n) is 4.30. The molecule has 4 aromatic rings. The van der Waals surface area contributed by atoms with Gasteiger partial charge in [-0.05, 0) is 43.3 Å². The van der Waals surface area contributed by atoms with Crippen LogP contribution in [0.3, 0.4) is 0 Å². The van der Waals surface area contributed by atoms with E-state index < -0.39 is 4.92 Å². The first-order valence-corrected chi connectivity index (χ1v) is 8.43. The van der Waals surface area contributed by atoms with Gasteiger partial charge in [-0.15, -0.1) is 0 Å². The summed E-state index contributed by atoms with van der Waals surface area (Å²) in [6.45, 7) is 1.87. The van der Waals surface area contributed by atoms with E-state index >= 15 is 0 Å². The van der Waals surface area contributed by atoms with Gasteiger partial charge in [-0.1, -0.05) is 0 Å². The van der Waals surface area contributed by atoms with E-state index in [0.29, 0.717) is 17.2 Å². The van der Waals surface area contributed by atoms with Gasteiger partial charge in [0.15, 0.2) is 5.65 Å². The SMILES string of the molecule is COc1ccc(Nc2ncnc3c2c(C)nn3-c2ccc([N+](=O)[O-])cc2)cc1. The molecule has 0 saturated carbocycles. The van der Waals surface area contributed by atoms with Crippen molar-refractivity contribution in [2.45, 2.75) is 6.92 Å². The number of nitro benzene ring substituents is 1. The number of benzene rings is 2. The van der Waals surface area contributed by atoms with Gasteiger partial charge < -0.3 is 10.1 Å². The first-order valence-electron chi connectivity index (χ1n) is 8.43. The lowest BCUT2D eigenvalue weighted by Gasteiger charge is -2.08. The zero-order valence-electron chi connectivity index (χ0n) is 15.2. The molecule has 0 radical (unpaired) electrons. The number of rotatable bonds is 5. The Morgan fingerprint density at radius 3 is 2.43 bits per heavy atom. The number of ether oxygens (including phenoxy) is 1. The Bertz CT molecular complexity index is 1150. The van der Waals surface area contributed by atoms with Crippen LogP contribution in [-0.2, 0) is 0 Å². The topological polar surface area (TPSA) is 108 Å². The number of hydrogen-bond acceptors (Lipinski definition) is 7. The summed E-state index contributed by atoms with van der Waals surface area (Å²) in [7, 11) is 1.62. The molecule has 1 N–H and O–H groups in total. The van der Waals surface area contributed by atoms with Crippen LogP contribution >= 0.6 is 0 Å². The van der Waals surface area contributed by atoms with Crippen LogP contribution < -0.4 is 10.1 Å². The van der Waals surface area contributed by atoms with Crippen molar-refractivity contribution in [1.29, 1.82) is 0 Å². The molecular weight excluding hydrogens is 360 g/mol. The van der Waals surface area contributed by atoms with E-state index in [9.17, 15) is 10.1 Å². The average molecular weight is 376 g/mol. The predicted octanol–water partition coefficient (Wildman–Crippen LogP) is 3.78. The van der Waals surface area contributed by atoms with E-state index in [-0.39, 0.29) is 5.69 Å². The fraction of sp³-hybridized carbons (Fsp3) is 0.105. The van der Waals surface area contributed by atoms with Crippen LogP contribution in [0.1, 0.15) is 5.69 Å². The number of fused-ring (bicyclic) bond motifs is 1. The lowest BCUT2D eigenvalue weighted by atomic mass is 10.2. The smallest absolute Gasteiger partial charge is 0.269 e. The second kappa shape index (κ2) is 6.95. The number of methoxy groups -OCH3 is 1. The fourth-order valence-corrected chi connectivity index (χ4v) is 2.92. The largest absolute Gasteiger partial charge is 0.497 e. The number of anilines is 2. The Kier molecular flexibility index (Phi) is 4.32. The molecule has 0 unspecified atom stereocenters. The monoisotopic (exact) mass is 376 g/mol. The molecule has 9 nitrogen and oxygen atoms in total. The molecule has 140 valence electrons. The van der Waals surface area contributed by atoms with Crippen molar-refractivity contribution in [3.8, 4) is 11.4 Å². The normalized spacial score (nSPS) is 10.8. The van der Waals surface area contributed by atoms with Crippen LogP contribution in [0.4, 0.5) is 17.2 Å². The highest BCUT2D eigenvalue weighted by Gasteiger charge is 2.16. The molecule has 2 aromatic carbocycles. The van der Waals surface area contributed by atoms with Gasteiger partial charge in [0.2, 0.25) is 0 Å². The van der Waals surface area contributed by atoms with Crippen LogP contribution in [0.2, 0.25) is 0 Å². The van der Waals surface area contributed by atoms with E-state index in [1.165, 1.54) is 18.5 Å². The number of nitrogens with one attached hydrogen (secondary N) is 1. The summed E-state index contributed by atoms with van der Waals surface area (Å²) in [6, 6.07) is 13.7. The van der Waals surface area contributed by atoms with Gasteiger partial charge in [0.25, 0.3) is 5.69 Å². The number of non-ortho nitro benzene ring substituents is 1. The van der Waals surface area contributed by atoms with E-state index in [2.05, 4.69) is 20.4 Å². The zero-order valence-corrected chi connectivity index (χ0v) is 15.2. The minimum absolute atomic E-state index is 0.0217. The Morgan fingerprint density at radius 1 is 1.07 bits per heavy atom. The maximum absolute atomic E-state index is 10.9. The van der Waals surface area contributed by atoms with Gasteiger partial charge in [0.1, 0.15) is 17.9 Å². The van der Waals surface area contributed by atoms with E-state index in [1.54, 1.807) is 23.9 Å². The quantitative estimate of drug-likeness (QED) is 0.417. The summed E-state index contributed by atoms with van der Waals surface area (Å²) in [4.78, 5) is 19.1. The minimum Gasteiger partial charge on any atom is -0.497 e. The van der Waals surface area contributed by atoms with Crippen LogP contribution in [-0.4, -0.2) is 31.8 Å². The highest BCUT2D eigenvalue weighted by Crippen LogP contribution is 2.28. The molecule has 9 heteroatoms. The van der Waals surface area contributed by atoms with Crippen molar-refractivity contribution >= 4 is 28.2 Å². The van der Waals surface area contributed by atoms with Crippen molar-refractivity contribution in [3.05, 3.63) is 70.7 Å². The lowest BCUT2D eigenvalue weighted by Crippen LogP contribution is -2.00.